The second kappa shape index (κ2) is 10.4. The van der Waals surface area contributed by atoms with Crippen LogP contribution >= 0.6 is 0 Å². The van der Waals surface area contributed by atoms with Crippen LogP contribution in [0.25, 0.3) is 10.9 Å². The van der Waals surface area contributed by atoms with Gasteiger partial charge in [-0.3, -0.25) is 19.3 Å². The number of hydrogen-bond donors (Lipinski definition) is 2. The van der Waals surface area contributed by atoms with Crippen LogP contribution in [0.5, 0.6) is 11.5 Å². The number of pyridine rings is 1. The minimum absolute atomic E-state index is 0.137. The summed E-state index contributed by atoms with van der Waals surface area (Å²) in [5, 5.41) is 10.4. The van der Waals surface area contributed by atoms with Gasteiger partial charge in [-0.05, 0) is 70.5 Å². The molecular weight excluding hydrogens is 473 g/mol. The zero-order valence-electron chi connectivity index (χ0n) is 21.6. The fraction of sp³-hybridized carbons (Fsp3) is 0.286. The third kappa shape index (κ3) is 5.77. The van der Waals surface area contributed by atoms with Gasteiger partial charge in [0.25, 0.3) is 5.91 Å². The van der Waals surface area contributed by atoms with E-state index in [1.165, 1.54) is 0 Å². The smallest absolute Gasteiger partial charge is 0.251 e. The summed E-state index contributed by atoms with van der Waals surface area (Å²) in [6.07, 6.45) is 4.77. The predicted molar refractivity (Wildman–Crippen MR) is 141 cm³/mol. The normalized spacial score (nSPS) is 11.4. The van der Waals surface area contributed by atoms with Crippen LogP contribution in [0.1, 0.15) is 49.2 Å². The van der Waals surface area contributed by atoms with Crippen LogP contribution in [0.2, 0.25) is 0 Å². The number of benzene rings is 2. The predicted octanol–water partition coefficient (Wildman–Crippen LogP) is 5.36. The van der Waals surface area contributed by atoms with E-state index in [4.69, 9.17) is 4.74 Å². The Morgan fingerprint density at radius 3 is 2.59 bits per heavy atom. The maximum atomic E-state index is 15.3. The van der Waals surface area contributed by atoms with Crippen molar-refractivity contribution >= 4 is 28.4 Å². The van der Waals surface area contributed by atoms with E-state index in [-0.39, 0.29) is 34.9 Å². The first-order chi connectivity index (χ1) is 17.6. The van der Waals surface area contributed by atoms with Crippen LogP contribution in [-0.4, -0.2) is 33.1 Å². The van der Waals surface area contributed by atoms with Gasteiger partial charge in [-0.25, -0.2) is 4.39 Å². The fourth-order valence-corrected chi connectivity index (χ4v) is 3.84. The number of aromatic nitrogens is 3. The quantitative estimate of drug-likeness (QED) is 0.354. The van der Waals surface area contributed by atoms with Crippen molar-refractivity contribution in [2.45, 2.75) is 46.6 Å². The van der Waals surface area contributed by atoms with Crippen molar-refractivity contribution in [3.63, 3.8) is 0 Å². The summed E-state index contributed by atoms with van der Waals surface area (Å²) in [6, 6.07) is 9.99. The average Bonchev–Trinajstić information content (AvgIpc) is 3.33. The fourth-order valence-electron chi connectivity index (χ4n) is 3.84. The molecule has 0 spiro atoms. The maximum absolute atomic E-state index is 15.3. The summed E-state index contributed by atoms with van der Waals surface area (Å²) in [7, 11) is 0. The van der Waals surface area contributed by atoms with Crippen LogP contribution in [0.4, 0.5) is 10.1 Å². The Labute approximate surface area is 214 Å². The van der Waals surface area contributed by atoms with E-state index >= 15 is 4.39 Å². The molecule has 2 aromatic heterocycles. The number of halogens is 1. The molecule has 0 aliphatic carbocycles. The van der Waals surface area contributed by atoms with E-state index in [2.05, 4.69) is 20.7 Å². The van der Waals surface area contributed by atoms with Gasteiger partial charge in [-0.1, -0.05) is 6.07 Å². The number of amides is 2. The lowest BCUT2D eigenvalue weighted by Crippen LogP contribution is -2.22. The number of nitrogens with zero attached hydrogens (tertiary/aromatic N) is 3. The molecule has 0 radical (unpaired) electrons. The van der Waals surface area contributed by atoms with Gasteiger partial charge in [0.05, 0.1) is 29.4 Å². The molecule has 2 heterocycles. The largest absolute Gasteiger partial charge is 0.456 e. The summed E-state index contributed by atoms with van der Waals surface area (Å²) >= 11 is 0. The standard InChI is InChI=1S/C28H30FN5O3/c1-6-30-27(36)19-7-9-22-21(13-19)24(11-12-31-22)37-23-10-8-18(26(29)17(23)2)14-25(35)33-20-15-32-34(16-20)28(3,4)5/h7-13,15-16H,6,14H2,1-5H3,(H,30,36)(H,33,35). The lowest BCUT2D eigenvalue weighted by molar-refractivity contribution is -0.115. The van der Waals surface area contributed by atoms with Crippen LogP contribution < -0.4 is 15.4 Å². The van der Waals surface area contributed by atoms with E-state index in [9.17, 15) is 9.59 Å². The molecule has 8 nitrogen and oxygen atoms in total. The zero-order valence-corrected chi connectivity index (χ0v) is 21.6. The van der Waals surface area contributed by atoms with Crippen LogP contribution in [0, 0.1) is 12.7 Å². The highest BCUT2D eigenvalue weighted by molar-refractivity contribution is 5.99. The highest BCUT2D eigenvalue weighted by Crippen LogP contribution is 2.33. The molecule has 37 heavy (non-hydrogen) atoms. The third-order valence-electron chi connectivity index (χ3n) is 5.84. The lowest BCUT2D eigenvalue weighted by atomic mass is 10.1. The Kier molecular flexibility index (Phi) is 7.24. The van der Waals surface area contributed by atoms with Crippen LogP contribution in [-0.2, 0) is 16.8 Å². The van der Waals surface area contributed by atoms with Gasteiger partial charge < -0.3 is 15.4 Å². The molecule has 0 atom stereocenters. The monoisotopic (exact) mass is 503 g/mol. The molecule has 0 bridgehead atoms. The molecule has 0 fully saturated rings. The number of fused-ring (bicyclic) bond motifs is 1. The minimum Gasteiger partial charge on any atom is -0.456 e. The van der Waals surface area contributed by atoms with E-state index in [0.717, 1.165) is 0 Å². The first-order valence-corrected chi connectivity index (χ1v) is 12.0. The van der Waals surface area contributed by atoms with Gasteiger partial charge in [0.1, 0.15) is 17.3 Å². The van der Waals surface area contributed by atoms with Gasteiger partial charge in [-0.2, -0.15) is 5.10 Å². The molecule has 2 aromatic carbocycles. The topological polar surface area (TPSA) is 98.1 Å². The van der Waals surface area contributed by atoms with E-state index in [0.29, 0.717) is 40.2 Å². The molecular formula is C28H30FN5O3. The first-order valence-electron chi connectivity index (χ1n) is 12.0. The molecule has 4 rings (SSSR count). The number of ether oxygens (including phenoxy) is 1. The second-order valence-corrected chi connectivity index (χ2v) is 9.73. The third-order valence-corrected chi connectivity index (χ3v) is 5.84. The summed E-state index contributed by atoms with van der Waals surface area (Å²) in [5.74, 6) is -0.309. The molecule has 2 amide bonds. The van der Waals surface area contributed by atoms with Gasteiger partial charge >= 0.3 is 0 Å². The highest BCUT2D eigenvalue weighted by atomic mass is 19.1. The van der Waals surface area contributed by atoms with Crippen molar-refractivity contribution in [1.29, 1.82) is 0 Å². The van der Waals surface area contributed by atoms with Crippen molar-refractivity contribution < 1.29 is 18.7 Å². The van der Waals surface area contributed by atoms with Crippen molar-refractivity contribution in [2.24, 2.45) is 0 Å². The van der Waals surface area contributed by atoms with Crippen molar-refractivity contribution in [1.82, 2.24) is 20.1 Å². The van der Waals surface area contributed by atoms with Gasteiger partial charge in [0, 0.05) is 35.5 Å². The van der Waals surface area contributed by atoms with Crippen molar-refractivity contribution in [2.75, 3.05) is 11.9 Å². The maximum Gasteiger partial charge on any atom is 0.251 e. The molecule has 2 N–H and O–H groups in total. The molecule has 0 saturated carbocycles. The molecule has 4 aromatic rings. The molecule has 9 heteroatoms. The molecule has 192 valence electrons. The van der Waals surface area contributed by atoms with Crippen LogP contribution in [0.15, 0.2) is 55.0 Å². The van der Waals surface area contributed by atoms with Gasteiger partial charge in [0.2, 0.25) is 5.91 Å². The van der Waals surface area contributed by atoms with Gasteiger partial charge in [-0.15, -0.1) is 0 Å². The number of nitrogens with one attached hydrogen (secondary N) is 2. The van der Waals surface area contributed by atoms with Crippen molar-refractivity contribution in [3.05, 3.63) is 77.5 Å². The molecule has 0 aliphatic heterocycles. The molecule has 0 aliphatic rings. The van der Waals surface area contributed by atoms with E-state index in [1.807, 2.05) is 27.7 Å². The number of carbonyl (C=O) groups is 2. The lowest BCUT2D eigenvalue weighted by Gasteiger charge is -2.18. The average molecular weight is 504 g/mol. The summed E-state index contributed by atoms with van der Waals surface area (Å²) in [6.45, 7) is 9.97. The SMILES string of the molecule is CCNC(=O)c1ccc2nccc(Oc3ccc(CC(=O)Nc4cnn(C(C)(C)C)c4)c(F)c3C)c2c1. The van der Waals surface area contributed by atoms with E-state index < -0.39 is 5.82 Å². The highest BCUT2D eigenvalue weighted by Gasteiger charge is 2.18. The number of anilines is 1. The minimum atomic E-state index is -0.514. The summed E-state index contributed by atoms with van der Waals surface area (Å²) in [5.41, 5.74) is 1.98. The summed E-state index contributed by atoms with van der Waals surface area (Å²) in [4.78, 5) is 29.2. The number of hydrogen-bond acceptors (Lipinski definition) is 5. The molecule has 0 unspecified atom stereocenters. The Morgan fingerprint density at radius 1 is 1.11 bits per heavy atom. The Morgan fingerprint density at radius 2 is 1.89 bits per heavy atom. The Bertz CT molecular complexity index is 1470. The zero-order chi connectivity index (χ0) is 26.7. The number of carbonyl (C=O) groups excluding carboxylic acids is 2. The second-order valence-electron chi connectivity index (χ2n) is 9.73. The van der Waals surface area contributed by atoms with Crippen LogP contribution in [0.3, 0.4) is 0 Å². The summed E-state index contributed by atoms with van der Waals surface area (Å²) < 4.78 is 23.1. The first kappa shape index (κ1) is 25.8. The van der Waals surface area contributed by atoms with Crippen molar-refractivity contribution in [3.8, 4) is 11.5 Å². The Hall–Kier alpha value is -4.27. The molecule has 0 saturated heterocycles. The Balaban J connectivity index is 1.53. The number of rotatable bonds is 7. The van der Waals surface area contributed by atoms with E-state index in [1.54, 1.807) is 66.6 Å². The van der Waals surface area contributed by atoms with Gasteiger partial charge in [0.15, 0.2) is 0 Å².